The number of nitriles is 1. The summed E-state index contributed by atoms with van der Waals surface area (Å²) < 4.78 is 12.0. The number of amidine groups is 1. The molecular weight excluding hydrogens is 657 g/mol. The van der Waals surface area contributed by atoms with Crippen LogP contribution in [-0.2, 0) is 21.4 Å². The molecule has 6 rings (SSSR count). The molecule has 2 aromatic rings. The van der Waals surface area contributed by atoms with Crippen LogP contribution in [-0.4, -0.2) is 108 Å². The maximum atomic E-state index is 14.1. The predicted molar refractivity (Wildman–Crippen MR) is 193 cm³/mol. The zero-order valence-electron chi connectivity index (χ0n) is 30.0. The van der Waals surface area contributed by atoms with Gasteiger partial charge in [-0.3, -0.25) is 20.1 Å². The van der Waals surface area contributed by atoms with E-state index in [1.807, 2.05) is 34.6 Å². The number of fused-ring (bicyclic) bond motifs is 3. The molecule has 1 aliphatic carbocycles. The monoisotopic (exact) mass is 704 g/mol. The number of nitrogens with zero attached hydrogens (tertiary/aromatic N) is 7. The number of hydrogen-bond acceptors (Lipinski definition) is 12. The number of nitrogens with one attached hydrogen (secondary N) is 3. The molecule has 0 spiro atoms. The first-order valence-corrected chi connectivity index (χ1v) is 18.2. The number of likely N-dealkylation sites (tertiary alicyclic amines) is 2. The number of rotatable bonds is 8. The average Bonchev–Trinajstić information content (AvgIpc) is 3.86. The van der Waals surface area contributed by atoms with Gasteiger partial charge in [0, 0.05) is 42.7 Å². The van der Waals surface area contributed by atoms with Gasteiger partial charge in [-0.2, -0.15) is 15.2 Å². The van der Waals surface area contributed by atoms with Crippen LogP contribution in [0.15, 0.2) is 11.1 Å². The van der Waals surface area contributed by atoms with Crippen LogP contribution in [0.3, 0.4) is 0 Å². The summed E-state index contributed by atoms with van der Waals surface area (Å²) in [5, 5.41) is 25.8. The maximum absolute atomic E-state index is 14.1. The Balaban J connectivity index is 1.27. The third-order valence-corrected chi connectivity index (χ3v) is 11.5. The van der Waals surface area contributed by atoms with Crippen LogP contribution < -0.4 is 20.3 Å². The van der Waals surface area contributed by atoms with Gasteiger partial charge in [-0.05, 0) is 86.7 Å². The SMILES string of the molecule is CN=CNc1sc2c(c1C#N)[C@@](C)(C(=O)NC(=N)c1cc(N3C[C@@H]4C[C@H]3CN4C(=O)OC(C)(C)C)nc(O[C@@H](C)[C@@H]3CCCN3C)n1)CCC2. The Bertz CT molecular complexity index is 1730. The Morgan fingerprint density at radius 2 is 2.04 bits per heavy atom. The highest BCUT2D eigenvalue weighted by atomic mass is 32.1. The third kappa shape index (κ3) is 6.87. The highest BCUT2D eigenvalue weighted by Gasteiger charge is 2.48. The molecule has 15 heteroatoms. The predicted octanol–water partition coefficient (Wildman–Crippen LogP) is 4.28. The first-order chi connectivity index (χ1) is 23.7. The van der Waals surface area contributed by atoms with Crippen molar-refractivity contribution in [1.82, 2.24) is 25.1 Å². The van der Waals surface area contributed by atoms with E-state index in [9.17, 15) is 14.9 Å². The van der Waals surface area contributed by atoms with Crippen LogP contribution in [0.5, 0.6) is 6.01 Å². The third-order valence-electron chi connectivity index (χ3n) is 10.3. The number of anilines is 2. The molecule has 0 saturated carbocycles. The van der Waals surface area contributed by atoms with E-state index in [2.05, 4.69) is 43.5 Å². The molecule has 3 aliphatic heterocycles. The Hall–Kier alpha value is -4.29. The van der Waals surface area contributed by atoms with Crippen molar-refractivity contribution in [2.75, 3.05) is 43.9 Å². The van der Waals surface area contributed by atoms with E-state index in [1.165, 1.54) is 17.7 Å². The van der Waals surface area contributed by atoms with Crippen LogP contribution in [0.4, 0.5) is 15.6 Å². The van der Waals surface area contributed by atoms with Crippen LogP contribution in [0.25, 0.3) is 0 Å². The Labute approximate surface area is 297 Å². The molecule has 50 heavy (non-hydrogen) atoms. The fourth-order valence-electron chi connectivity index (χ4n) is 7.85. The van der Waals surface area contributed by atoms with Gasteiger partial charge in [0.1, 0.15) is 34.3 Å². The molecule has 5 heterocycles. The van der Waals surface area contributed by atoms with Gasteiger partial charge < -0.3 is 29.9 Å². The minimum Gasteiger partial charge on any atom is -0.459 e. The molecule has 0 aromatic carbocycles. The van der Waals surface area contributed by atoms with Gasteiger partial charge in [-0.1, -0.05) is 0 Å². The number of hydrogen-bond donors (Lipinski definition) is 3. The second-order valence-corrected chi connectivity index (χ2v) is 16.1. The standard InChI is InChI=1S/C35H48N10O4S/c1-20(25-10-9-13-43(25)7)48-32-40-24(15-27(41-32)44-17-22-14-21(44)18-45(22)33(47)49-34(2,3)4)29(37)42-31(46)35(5)12-8-11-26-28(35)23(16-36)30(50-26)39-19-38-6/h15,19-22,25H,8-14,17-18H2,1-7H3,(H,38,39)(H2,37,42,46)/t20-,21-,22-,25-,35-/m0/s1. The number of thiophene rings is 1. The van der Waals surface area contributed by atoms with Gasteiger partial charge in [0.15, 0.2) is 5.84 Å². The van der Waals surface area contributed by atoms with Crippen molar-refractivity contribution in [2.24, 2.45) is 4.99 Å². The van der Waals surface area contributed by atoms with Gasteiger partial charge in [0.05, 0.1) is 29.4 Å². The van der Waals surface area contributed by atoms with Gasteiger partial charge in [-0.15, -0.1) is 11.3 Å². The first kappa shape index (κ1) is 35.5. The van der Waals surface area contributed by atoms with E-state index in [0.29, 0.717) is 41.5 Å². The molecule has 268 valence electrons. The van der Waals surface area contributed by atoms with Gasteiger partial charge in [-0.25, -0.2) is 4.79 Å². The number of aryl methyl sites for hydroxylation is 1. The van der Waals surface area contributed by atoms with Gasteiger partial charge >= 0.3 is 12.1 Å². The number of amides is 2. The van der Waals surface area contributed by atoms with Crippen molar-refractivity contribution in [1.29, 1.82) is 10.7 Å². The summed E-state index contributed by atoms with van der Waals surface area (Å²) in [6, 6.07) is 4.34. The number of carbonyl (C=O) groups is 2. The van der Waals surface area contributed by atoms with E-state index >= 15 is 0 Å². The Morgan fingerprint density at radius 3 is 2.68 bits per heavy atom. The van der Waals surface area contributed by atoms with E-state index in [4.69, 9.17) is 19.9 Å². The van der Waals surface area contributed by atoms with Crippen molar-refractivity contribution in [3.8, 4) is 12.1 Å². The highest BCUT2D eigenvalue weighted by molar-refractivity contribution is 7.16. The van der Waals surface area contributed by atoms with Crippen molar-refractivity contribution >= 4 is 46.3 Å². The maximum Gasteiger partial charge on any atom is 0.410 e. The lowest BCUT2D eigenvalue weighted by Crippen LogP contribution is -2.50. The lowest BCUT2D eigenvalue weighted by atomic mass is 9.72. The van der Waals surface area contributed by atoms with Gasteiger partial charge in [0.25, 0.3) is 0 Å². The van der Waals surface area contributed by atoms with Crippen molar-refractivity contribution in [3.05, 3.63) is 27.8 Å². The zero-order chi connectivity index (χ0) is 36.0. The smallest absolute Gasteiger partial charge is 0.410 e. The molecule has 2 amide bonds. The summed E-state index contributed by atoms with van der Waals surface area (Å²) in [6.07, 6.45) is 5.96. The number of aromatic nitrogens is 2. The summed E-state index contributed by atoms with van der Waals surface area (Å²) in [7, 11) is 3.73. The highest BCUT2D eigenvalue weighted by Crippen LogP contribution is 2.46. The largest absolute Gasteiger partial charge is 0.459 e. The van der Waals surface area contributed by atoms with Crippen LogP contribution >= 0.6 is 11.3 Å². The second-order valence-electron chi connectivity index (χ2n) is 15.0. The van der Waals surface area contributed by atoms with Crippen LogP contribution in [0, 0.1) is 16.7 Å². The molecule has 3 N–H and O–H groups in total. The molecule has 2 aromatic heterocycles. The number of likely N-dealkylation sites (N-methyl/N-ethyl adjacent to an activating group) is 1. The van der Waals surface area contributed by atoms with E-state index in [1.54, 1.807) is 18.0 Å². The summed E-state index contributed by atoms with van der Waals surface area (Å²) in [4.78, 5) is 47.7. The van der Waals surface area contributed by atoms with Crippen LogP contribution in [0.2, 0.25) is 0 Å². The zero-order valence-corrected chi connectivity index (χ0v) is 30.8. The number of piperazine rings is 1. The summed E-state index contributed by atoms with van der Waals surface area (Å²) in [6.45, 7) is 11.5. The summed E-state index contributed by atoms with van der Waals surface area (Å²) in [5.41, 5.74) is -0.243. The van der Waals surface area contributed by atoms with E-state index in [0.717, 1.165) is 43.5 Å². The average molecular weight is 705 g/mol. The number of ether oxygens (including phenoxy) is 2. The lowest BCUT2D eigenvalue weighted by Gasteiger charge is -2.36. The van der Waals surface area contributed by atoms with Crippen molar-refractivity contribution in [3.63, 3.8) is 0 Å². The van der Waals surface area contributed by atoms with Gasteiger partial charge in [0.2, 0.25) is 5.91 Å². The van der Waals surface area contributed by atoms with E-state index in [-0.39, 0.29) is 53.8 Å². The molecule has 5 atom stereocenters. The first-order valence-electron chi connectivity index (χ1n) is 17.4. The Morgan fingerprint density at radius 1 is 1.26 bits per heavy atom. The lowest BCUT2D eigenvalue weighted by molar-refractivity contribution is -0.125. The topological polar surface area (TPSA) is 172 Å². The molecule has 3 fully saturated rings. The summed E-state index contributed by atoms with van der Waals surface area (Å²) in [5.74, 6) is 0.0362. The second kappa shape index (κ2) is 13.8. The quantitative estimate of drug-likeness (QED) is 0.266. The molecule has 3 saturated heterocycles. The molecule has 0 radical (unpaired) electrons. The fraction of sp³-hybridized carbons (Fsp3) is 0.629. The normalized spacial score (nSPS) is 25.4. The Kier molecular flexibility index (Phi) is 9.80. The van der Waals surface area contributed by atoms with Crippen molar-refractivity contribution in [2.45, 2.75) is 108 Å². The number of carbonyl (C=O) groups excluding carboxylic acids is 2. The van der Waals surface area contributed by atoms with E-state index < -0.39 is 11.0 Å². The molecular formula is C35H48N10O4S. The molecule has 0 unspecified atom stereocenters. The summed E-state index contributed by atoms with van der Waals surface area (Å²) >= 11 is 1.47. The minimum absolute atomic E-state index is 0.00778. The minimum atomic E-state index is -1.03. The number of aliphatic imine (C=N–C) groups is 1. The molecule has 2 bridgehead atoms. The van der Waals surface area contributed by atoms with Crippen molar-refractivity contribution < 1.29 is 19.1 Å². The van der Waals surface area contributed by atoms with Crippen LogP contribution in [0.1, 0.15) is 88.4 Å². The molecule has 4 aliphatic rings. The molecule has 14 nitrogen and oxygen atoms in total. The fourth-order valence-corrected chi connectivity index (χ4v) is 9.13.